The van der Waals surface area contributed by atoms with Crippen molar-refractivity contribution < 1.29 is 14.6 Å². The first-order valence-electron chi connectivity index (χ1n) is 13.9. The molecule has 1 saturated heterocycles. The maximum Gasteiger partial charge on any atom is 0.408 e. The number of nitrogens with two attached hydrogens (primary N) is 2. The lowest BCUT2D eigenvalue weighted by atomic mass is 9.88. The number of aromatic hydroxyl groups is 1. The van der Waals surface area contributed by atoms with Crippen LogP contribution in [0.15, 0.2) is 42.9 Å². The van der Waals surface area contributed by atoms with E-state index in [1.54, 1.807) is 51.4 Å². The molecule has 0 unspecified atom stereocenters. The molecule has 1 aliphatic heterocycles. The van der Waals surface area contributed by atoms with Gasteiger partial charge < -0.3 is 36.5 Å². The second-order valence-corrected chi connectivity index (χ2v) is 10.4. The fourth-order valence-electron chi connectivity index (χ4n) is 4.43. The number of benzene rings is 1. The summed E-state index contributed by atoms with van der Waals surface area (Å²) in [6.45, 7) is 11.2. The Labute approximate surface area is 242 Å². The van der Waals surface area contributed by atoms with Gasteiger partial charge in [0.15, 0.2) is 0 Å². The minimum absolute atomic E-state index is 0.129. The second kappa shape index (κ2) is 14.1. The summed E-state index contributed by atoms with van der Waals surface area (Å²) in [7, 11) is 0. The quantitative estimate of drug-likeness (QED) is 0.278. The molecule has 0 aliphatic carbocycles. The zero-order chi connectivity index (χ0) is 30.0. The summed E-state index contributed by atoms with van der Waals surface area (Å²) in [6, 6.07) is 6.98. The number of hydrogen-bond donors (Lipinski definition) is 5. The molecule has 0 saturated carbocycles. The normalized spacial score (nSPS) is 13.9. The van der Waals surface area contributed by atoms with Crippen molar-refractivity contribution in [3.8, 4) is 17.6 Å². The number of H-pyrrole nitrogens is 1. The summed E-state index contributed by atoms with van der Waals surface area (Å²) < 4.78 is 5.18. The summed E-state index contributed by atoms with van der Waals surface area (Å²) >= 11 is 0. The highest BCUT2D eigenvalue weighted by Crippen LogP contribution is 2.35. The van der Waals surface area contributed by atoms with E-state index in [1.165, 1.54) is 0 Å². The van der Waals surface area contributed by atoms with Gasteiger partial charge in [0.25, 0.3) is 0 Å². The van der Waals surface area contributed by atoms with Crippen LogP contribution >= 0.6 is 0 Å². The van der Waals surface area contributed by atoms with Crippen molar-refractivity contribution in [3.63, 3.8) is 0 Å². The Balaban J connectivity index is 0.00000226. The van der Waals surface area contributed by atoms with Crippen LogP contribution in [0.25, 0.3) is 11.8 Å². The number of carbonyl (C=O) groups excluding carboxylic acids is 1. The molecule has 10 heteroatoms. The molecule has 0 bridgehead atoms. The Kier molecular flexibility index (Phi) is 10.6. The number of nitrogens with zero attached hydrogens (tertiary/aromatic N) is 3. The molecular weight excluding hydrogens is 518 g/mol. The third-order valence-electron chi connectivity index (χ3n) is 6.31. The maximum absolute atomic E-state index is 11.7. The Bertz CT molecular complexity index is 1390. The highest BCUT2D eigenvalue weighted by molar-refractivity contribution is 5.85. The van der Waals surface area contributed by atoms with Crippen LogP contribution in [0.2, 0.25) is 0 Å². The summed E-state index contributed by atoms with van der Waals surface area (Å²) in [6.07, 6.45) is 8.44. The number of aromatic amines is 1. The van der Waals surface area contributed by atoms with Crippen molar-refractivity contribution in [1.82, 2.24) is 20.3 Å². The Morgan fingerprint density at radius 1 is 1.22 bits per heavy atom. The number of rotatable bonds is 5. The van der Waals surface area contributed by atoms with Crippen molar-refractivity contribution in [2.24, 2.45) is 5.73 Å². The number of piperidine rings is 1. The molecule has 2 aromatic heterocycles. The lowest BCUT2D eigenvalue weighted by Crippen LogP contribution is -2.34. The first-order valence-corrected chi connectivity index (χ1v) is 13.9. The minimum Gasteiger partial charge on any atom is -0.507 e. The zero-order valence-corrected chi connectivity index (χ0v) is 24.5. The molecule has 0 radical (unpaired) electrons. The van der Waals surface area contributed by atoms with Crippen LogP contribution in [0.4, 0.5) is 16.6 Å². The molecule has 41 heavy (non-hydrogen) atoms. The van der Waals surface area contributed by atoms with Crippen LogP contribution in [0.3, 0.4) is 0 Å². The predicted octanol–water partition coefficient (Wildman–Crippen LogP) is 4.84. The third-order valence-corrected chi connectivity index (χ3v) is 6.31. The van der Waals surface area contributed by atoms with Gasteiger partial charge in [0.1, 0.15) is 17.2 Å². The number of alkyl carbamates (subject to hydrolysis) is 1. The summed E-state index contributed by atoms with van der Waals surface area (Å²) in [5, 5.41) is 12.8. The Hall–Kier alpha value is -4.65. The second-order valence-electron chi connectivity index (χ2n) is 10.4. The molecule has 10 nitrogen and oxygen atoms in total. The van der Waals surface area contributed by atoms with Crippen LogP contribution in [0, 0.1) is 11.8 Å². The van der Waals surface area contributed by atoms with Crippen molar-refractivity contribution in [1.29, 1.82) is 0 Å². The van der Waals surface area contributed by atoms with Crippen LogP contribution in [0.1, 0.15) is 75.6 Å². The highest BCUT2D eigenvalue weighted by Gasteiger charge is 2.25. The number of hydrogen-bond acceptors (Lipinski definition) is 8. The van der Waals surface area contributed by atoms with Gasteiger partial charge in [0.2, 0.25) is 5.95 Å². The standard InChI is InChI=1S/C29H35N7O3.C2H6/c1-29(2,3)39-28(38)32-12-6-7-19-16-34-27(35-17-19)36-13-10-20(11-14-36)23-18-33-26(31)22(23)15-24(30)21-8-4-5-9-25(21)37;1-2/h4-5,8-9,15-18,20,33,37H,10-14,30-31H2,1-3H3,(H,32,38);1-2H3/b24-15-;. The van der Waals surface area contributed by atoms with E-state index in [-0.39, 0.29) is 12.3 Å². The Morgan fingerprint density at radius 3 is 2.51 bits per heavy atom. The molecule has 0 spiro atoms. The fourth-order valence-corrected chi connectivity index (χ4v) is 4.43. The summed E-state index contributed by atoms with van der Waals surface area (Å²) in [5.41, 5.74) is 15.7. The maximum atomic E-state index is 11.7. The molecule has 1 aromatic carbocycles. The molecule has 3 aromatic rings. The van der Waals surface area contributed by atoms with Gasteiger partial charge in [-0.2, -0.15) is 0 Å². The number of phenolic OH excluding ortho intramolecular Hbond substituents is 1. The van der Waals surface area contributed by atoms with Crippen LogP contribution in [-0.4, -0.2) is 51.4 Å². The monoisotopic (exact) mass is 559 g/mol. The third kappa shape index (κ3) is 8.67. The number of para-hydroxylation sites is 1. The molecule has 1 aliphatic rings. The number of ether oxygens (including phenoxy) is 1. The molecule has 1 fully saturated rings. The Morgan fingerprint density at radius 2 is 1.88 bits per heavy atom. The van der Waals surface area contributed by atoms with Crippen molar-refractivity contribution in [2.45, 2.75) is 59.0 Å². The van der Waals surface area contributed by atoms with Gasteiger partial charge in [0, 0.05) is 48.5 Å². The van der Waals surface area contributed by atoms with E-state index in [0.29, 0.717) is 34.5 Å². The van der Waals surface area contributed by atoms with Gasteiger partial charge in [-0.05, 0) is 63.3 Å². The van der Waals surface area contributed by atoms with E-state index < -0.39 is 11.7 Å². The summed E-state index contributed by atoms with van der Waals surface area (Å²) in [5.74, 6) is 7.46. The van der Waals surface area contributed by atoms with E-state index in [0.717, 1.165) is 37.1 Å². The minimum atomic E-state index is -0.550. The smallest absolute Gasteiger partial charge is 0.408 e. The molecule has 4 rings (SSSR count). The van der Waals surface area contributed by atoms with Gasteiger partial charge >= 0.3 is 6.09 Å². The first-order chi connectivity index (χ1) is 19.6. The number of carbonyl (C=O) groups is 1. The molecule has 1 amide bonds. The van der Waals surface area contributed by atoms with E-state index >= 15 is 0 Å². The largest absolute Gasteiger partial charge is 0.507 e. The van der Waals surface area contributed by atoms with E-state index in [9.17, 15) is 9.90 Å². The fraction of sp³-hybridized carbons (Fsp3) is 0.387. The van der Waals surface area contributed by atoms with Gasteiger partial charge in [-0.25, -0.2) is 14.8 Å². The van der Waals surface area contributed by atoms with Crippen LogP contribution in [-0.2, 0) is 4.74 Å². The zero-order valence-electron chi connectivity index (χ0n) is 24.5. The van der Waals surface area contributed by atoms with Crippen molar-refractivity contribution in [3.05, 3.63) is 65.1 Å². The molecule has 3 heterocycles. The SMILES string of the molecule is CC.CC(C)(C)OC(=O)NCC#Cc1cnc(N2CCC(c3c[nH]c(N)c3/C=C(\N)c3ccccc3O)CC2)nc1. The molecular formula is C31H41N7O3. The van der Waals surface area contributed by atoms with Crippen molar-refractivity contribution >= 4 is 29.6 Å². The number of anilines is 2. The molecule has 218 valence electrons. The first kappa shape index (κ1) is 30.9. The van der Waals surface area contributed by atoms with Gasteiger partial charge in [0.05, 0.1) is 12.1 Å². The molecule has 7 N–H and O–H groups in total. The average molecular weight is 560 g/mol. The van der Waals surface area contributed by atoms with Crippen LogP contribution < -0.4 is 21.7 Å². The van der Waals surface area contributed by atoms with E-state index in [1.807, 2.05) is 32.2 Å². The highest BCUT2D eigenvalue weighted by atomic mass is 16.6. The number of amides is 1. The average Bonchev–Trinajstić information content (AvgIpc) is 3.31. The summed E-state index contributed by atoms with van der Waals surface area (Å²) in [4.78, 5) is 25.9. The van der Waals surface area contributed by atoms with E-state index in [2.05, 4.69) is 37.0 Å². The van der Waals surface area contributed by atoms with E-state index in [4.69, 9.17) is 16.2 Å². The molecule has 0 atom stereocenters. The van der Waals surface area contributed by atoms with Gasteiger partial charge in [-0.15, -0.1) is 0 Å². The number of nitrogens with one attached hydrogen (secondary N) is 2. The lowest BCUT2D eigenvalue weighted by molar-refractivity contribution is 0.0535. The number of aromatic nitrogens is 3. The van der Waals surface area contributed by atoms with Crippen molar-refractivity contribution in [2.75, 3.05) is 30.3 Å². The van der Waals surface area contributed by atoms with Gasteiger partial charge in [-0.1, -0.05) is 37.8 Å². The lowest BCUT2D eigenvalue weighted by Gasteiger charge is -2.32. The van der Waals surface area contributed by atoms with Crippen LogP contribution in [0.5, 0.6) is 5.75 Å². The van der Waals surface area contributed by atoms with Gasteiger partial charge in [-0.3, -0.25) is 0 Å². The number of phenols is 1. The number of nitrogen functional groups attached to an aromatic ring is 1. The topological polar surface area (TPSA) is 155 Å². The predicted molar refractivity (Wildman–Crippen MR) is 164 cm³/mol.